The zero-order chi connectivity index (χ0) is 12.8. The van der Waals surface area contributed by atoms with Crippen LogP contribution < -0.4 is 5.32 Å². The van der Waals surface area contributed by atoms with Crippen molar-refractivity contribution in [3.63, 3.8) is 0 Å². The van der Waals surface area contributed by atoms with Crippen molar-refractivity contribution in [2.45, 2.75) is 58.0 Å². The van der Waals surface area contributed by atoms with Crippen molar-refractivity contribution in [2.24, 2.45) is 5.92 Å². The monoisotopic (exact) mass is 270 g/mol. The summed E-state index contributed by atoms with van der Waals surface area (Å²) in [7, 11) is 0. The van der Waals surface area contributed by atoms with Gasteiger partial charge < -0.3 is 5.32 Å². The van der Waals surface area contributed by atoms with Crippen molar-refractivity contribution in [3.05, 3.63) is 0 Å². The molecule has 18 heavy (non-hydrogen) atoms. The van der Waals surface area contributed by atoms with Crippen LogP contribution in [0.4, 0.5) is 0 Å². The third-order valence-electron chi connectivity index (χ3n) is 4.64. The number of hydrogen-bond acceptors (Lipinski definition) is 3. The van der Waals surface area contributed by atoms with Crippen LogP contribution in [0.2, 0.25) is 0 Å². The number of hydrogen-bond donors (Lipinski definition) is 1. The van der Waals surface area contributed by atoms with E-state index in [1.165, 1.54) is 63.2 Å². The van der Waals surface area contributed by atoms with Crippen LogP contribution in [0.1, 0.15) is 46.0 Å². The Morgan fingerprint density at radius 2 is 2.06 bits per heavy atom. The maximum absolute atomic E-state index is 3.78. The summed E-state index contributed by atoms with van der Waals surface area (Å²) in [6, 6.07) is 1.52. The lowest BCUT2D eigenvalue weighted by Gasteiger charge is -2.41. The molecule has 0 aromatic rings. The molecule has 2 unspecified atom stereocenters. The Balaban J connectivity index is 1.79. The van der Waals surface area contributed by atoms with E-state index in [1.54, 1.807) is 0 Å². The molecule has 1 saturated carbocycles. The molecule has 0 aromatic carbocycles. The highest BCUT2D eigenvalue weighted by molar-refractivity contribution is 7.99. The van der Waals surface area contributed by atoms with E-state index in [1.807, 2.05) is 0 Å². The smallest absolute Gasteiger partial charge is 0.0223 e. The molecule has 2 fully saturated rings. The molecule has 1 aliphatic carbocycles. The summed E-state index contributed by atoms with van der Waals surface area (Å²) in [5.41, 5.74) is 0. The second-order valence-corrected chi connectivity index (χ2v) is 7.28. The third kappa shape index (κ3) is 4.14. The second kappa shape index (κ2) is 7.76. The number of rotatable bonds is 5. The van der Waals surface area contributed by atoms with Gasteiger partial charge in [-0.05, 0) is 31.4 Å². The van der Waals surface area contributed by atoms with Crippen molar-refractivity contribution < 1.29 is 0 Å². The number of nitrogens with zero attached hydrogens (tertiary/aromatic N) is 1. The summed E-state index contributed by atoms with van der Waals surface area (Å²) in [6.07, 6.45) is 7.32. The third-order valence-corrected chi connectivity index (χ3v) is 5.77. The molecule has 106 valence electrons. The molecule has 1 heterocycles. The van der Waals surface area contributed by atoms with Gasteiger partial charge in [-0.2, -0.15) is 11.8 Å². The van der Waals surface area contributed by atoms with Gasteiger partial charge in [-0.15, -0.1) is 0 Å². The molecule has 2 aliphatic rings. The summed E-state index contributed by atoms with van der Waals surface area (Å²) < 4.78 is 0. The van der Waals surface area contributed by atoms with Crippen LogP contribution in [0.25, 0.3) is 0 Å². The highest BCUT2D eigenvalue weighted by Crippen LogP contribution is 2.28. The zero-order valence-electron chi connectivity index (χ0n) is 12.2. The minimum absolute atomic E-state index is 0.753. The molecule has 1 aliphatic heterocycles. The van der Waals surface area contributed by atoms with Gasteiger partial charge in [-0.3, -0.25) is 4.90 Å². The van der Waals surface area contributed by atoms with Gasteiger partial charge in [-0.25, -0.2) is 0 Å². The minimum Gasteiger partial charge on any atom is -0.311 e. The highest BCUT2D eigenvalue weighted by Gasteiger charge is 2.29. The fourth-order valence-electron chi connectivity index (χ4n) is 3.45. The van der Waals surface area contributed by atoms with Gasteiger partial charge in [-0.1, -0.05) is 26.2 Å². The first-order chi connectivity index (χ1) is 8.81. The van der Waals surface area contributed by atoms with Gasteiger partial charge in [0.1, 0.15) is 0 Å². The molecule has 0 amide bonds. The van der Waals surface area contributed by atoms with E-state index in [0.29, 0.717) is 0 Å². The first-order valence-electron chi connectivity index (χ1n) is 7.86. The van der Waals surface area contributed by atoms with Crippen LogP contribution in [0, 0.1) is 5.92 Å². The summed E-state index contributed by atoms with van der Waals surface area (Å²) in [5, 5.41) is 3.78. The highest BCUT2D eigenvalue weighted by atomic mass is 32.2. The lowest BCUT2D eigenvalue weighted by atomic mass is 9.83. The summed E-state index contributed by atoms with van der Waals surface area (Å²) in [6.45, 7) is 8.40. The summed E-state index contributed by atoms with van der Waals surface area (Å²) in [5.74, 6) is 3.50. The van der Waals surface area contributed by atoms with Crippen molar-refractivity contribution in [2.75, 3.05) is 31.1 Å². The van der Waals surface area contributed by atoms with Gasteiger partial charge >= 0.3 is 0 Å². The SMILES string of the molecule is CCSCC(C)N1CCNC(C2CCCCC2)C1. The molecule has 0 radical (unpaired) electrons. The predicted octanol–water partition coefficient (Wildman–Crippen LogP) is 2.98. The van der Waals surface area contributed by atoms with E-state index >= 15 is 0 Å². The van der Waals surface area contributed by atoms with Crippen LogP contribution in [0.3, 0.4) is 0 Å². The van der Waals surface area contributed by atoms with Gasteiger partial charge in [0.25, 0.3) is 0 Å². The Morgan fingerprint density at radius 3 is 2.78 bits per heavy atom. The minimum atomic E-state index is 0.753. The molecule has 3 heteroatoms. The molecule has 1 saturated heterocycles. The topological polar surface area (TPSA) is 15.3 Å². The fourth-order valence-corrected chi connectivity index (χ4v) is 4.24. The Bertz CT molecular complexity index is 229. The van der Waals surface area contributed by atoms with E-state index < -0.39 is 0 Å². The molecule has 2 atom stereocenters. The first-order valence-corrected chi connectivity index (χ1v) is 9.02. The number of nitrogens with one attached hydrogen (secondary N) is 1. The largest absolute Gasteiger partial charge is 0.311 e. The Kier molecular flexibility index (Phi) is 6.33. The number of thioether (sulfide) groups is 1. The lowest BCUT2D eigenvalue weighted by Crippen LogP contribution is -2.56. The van der Waals surface area contributed by atoms with E-state index in [4.69, 9.17) is 0 Å². The van der Waals surface area contributed by atoms with Gasteiger partial charge in [0.15, 0.2) is 0 Å². The van der Waals surface area contributed by atoms with Crippen LogP contribution >= 0.6 is 11.8 Å². The molecule has 0 bridgehead atoms. The molecule has 1 N–H and O–H groups in total. The van der Waals surface area contributed by atoms with E-state index in [0.717, 1.165) is 18.0 Å². The average molecular weight is 270 g/mol. The molecule has 2 rings (SSSR count). The molecular weight excluding hydrogens is 240 g/mol. The molecule has 2 nitrogen and oxygen atoms in total. The quantitative estimate of drug-likeness (QED) is 0.827. The van der Waals surface area contributed by atoms with Crippen LogP contribution in [0.5, 0.6) is 0 Å². The van der Waals surface area contributed by atoms with Crippen molar-refractivity contribution in [1.82, 2.24) is 10.2 Å². The van der Waals surface area contributed by atoms with Crippen molar-refractivity contribution in [1.29, 1.82) is 0 Å². The Hall–Kier alpha value is 0.270. The van der Waals surface area contributed by atoms with Crippen molar-refractivity contribution >= 4 is 11.8 Å². The summed E-state index contributed by atoms with van der Waals surface area (Å²) >= 11 is 2.08. The molecular formula is C15H30N2S. The van der Waals surface area contributed by atoms with Crippen LogP contribution in [0.15, 0.2) is 0 Å². The van der Waals surface area contributed by atoms with Gasteiger partial charge in [0, 0.05) is 37.5 Å². The molecule has 0 aromatic heterocycles. The van der Waals surface area contributed by atoms with Crippen LogP contribution in [-0.2, 0) is 0 Å². The van der Waals surface area contributed by atoms with Crippen LogP contribution in [-0.4, -0.2) is 48.1 Å². The fraction of sp³-hybridized carbons (Fsp3) is 1.00. The van der Waals surface area contributed by atoms with E-state index in [2.05, 4.69) is 35.8 Å². The van der Waals surface area contributed by atoms with E-state index in [9.17, 15) is 0 Å². The van der Waals surface area contributed by atoms with Gasteiger partial charge in [0.05, 0.1) is 0 Å². The van der Waals surface area contributed by atoms with Gasteiger partial charge in [0.2, 0.25) is 0 Å². The Labute approximate surface area is 117 Å². The normalized spacial score (nSPS) is 29.3. The van der Waals surface area contributed by atoms with Crippen molar-refractivity contribution in [3.8, 4) is 0 Å². The zero-order valence-corrected chi connectivity index (χ0v) is 13.0. The first kappa shape index (κ1) is 14.7. The maximum atomic E-state index is 3.78. The maximum Gasteiger partial charge on any atom is 0.0223 e. The second-order valence-electron chi connectivity index (χ2n) is 5.96. The number of piperazine rings is 1. The lowest BCUT2D eigenvalue weighted by molar-refractivity contribution is 0.123. The Morgan fingerprint density at radius 1 is 1.28 bits per heavy atom. The standard InChI is InChI=1S/C15H30N2S/c1-3-18-12-13(2)17-10-9-16-15(11-17)14-7-5-4-6-8-14/h13-16H,3-12H2,1-2H3. The summed E-state index contributed by atoms with van der Waals surface area (Å²) in [4.78, 5) is 2.72. The van der Waals surface area contributed by atoms with E-state index in [-0.39, 0.29) is 0 Å². The average Bonchev–Trinajstić information content (AvgIpc) is 2.46. The molecule has 0 spiro atoms. The predicted molar refractivity (Wildman–Crippen MR) is 82.4 cm³/mol.